The Bertz CT molecular complexity index is 1230. The minimum atomic E-state index is -0.969. The van der Waals surface area contributed by atoms with E-state index in [2.05, 4.69) is 16.0 Å². The maximum atomic E-state index is 13.4. The SMILES string of the molecule is C[C@H](NC(=O)Cc1cc(F)cc(F)c1)C(=O)N[C@@H]1C(=O)N[C@H](c2ccccc2)CC[C@H]1c1ccccc1. The fourth-order valence-corrected chi connectivity index (χ4v) is 4.72. The van der Waals surface area contributed by atoms with Crippen LogP contribution < -0.4 is 16.0 Å². The first kappa shape index (κ1) is 26.0. The standard InChI is InChI=1S/C29H29F2N3O3/c1-18(32-26(35)16-19-14-22(30)17-23(31)15-19)28(36)34-27-24(20-8-4-2-5-9-20)12-13-25(33-29(27)37)21-10-6-3-7-11-21/h2-11,14-15,17-18,24-25,27H,12-13,16H2,1H3,(H,32,35)(H,33,37)(H,34,36)/t18-,24-,25-,27-/m0/s1. The Kier molecular flexibility index (Phi) is 8.28. The number of hydrogen-bond donors (Lipinski definition) is 3. The predicted molar refractivity (Wildman–Crippen MR) is 135 cm³/mol. The minimum absolute atomic E-state index is 0.154. The number of amides is 3. The van der Waals surface area contributed by atoms with Gasteiger partial charge in [-0.3, -0.25) is 14.4 Å². The summed E-state index contributed by atoms with van der Waals surface area (Å²) in [4.78, 5) is 38.9. The fourth-order valence-electron chi connectivity index (χ4n) is 4.72. The van der Waals surface area contributed by atoms with Crippen LogP contribution in [0.1, 0.15) is 48.4 Å². The molecule has 0 saturated carbocycles. The van der Waals surface area contributed by atoms with Gasteiger partial charge in [-0.15, -0.1) is 0 Å². The zero-order valence-electron chi connectivity index (χ0n) is 20.4. The summed E-state index contributed by atoms with van der Waals surface area (Å²) in [5, 5.41) is 8.44. The van der Waals surface area contributed by atoms with Crippen molar-refractivity contribution in [3.8, 4) is 0 Å². The molecular formula is C29H29F2N3O3. The number of carbonyl (C=O) groups is 3. The minimum Gasteiger partial charge on any atom is -0.347 e. The average Bonchev–Trinajstić information content (AvgIpc) is 3.03. The van der Waals surface area contributed by atoms with Crippen molar-refractivity contribution in [3.63, 3.8) is 0 Å². The first-order valence-electron chi connectivity index (χ1n) is 12.2. The largest absolute Gasteiger partial charge is 0.347 e. The highest BCUT2D eigenvalue weighted by atomic mass is 19.1. The number of halogens is 2. The van der Waals surface area contributed by atoms with Crippen LogP contribution >= 0.6 is 0 Å². The molecule has 1 aliphatic rings. The Labute approximate surface area is 214 Å². The number of carbonyl (C=O) groups excluding carboxylic acids is 3. The molecule has 37 heavy (non-hydrogen) atoms. The highest BCUT2D eigenvalue weighted by Crippen LogP contribution is 2.33. The van der Waals surface area contributed by atoms with Crippen molar-refractivity contribution in [1.82, 2.24) is 16.0 Å². The molecule has 3 aromatic rings. The molecule has 0 aliphatic carbocycles. The summed E-state index contributed by atoms with van der Waals surface area (Å²) < 4.78 is 26.9. The lowest BCUT2D eigenvalue weighted by Crippen LogP contribution is -2.54. The van der Waals surface area contributed by atoms with Gasteiger partial charge in [0.2, 0.25) is 17.7 Å². The lowest BCUT2D eigenvalue weighted by atomic mass is 9.86. The topological polar surface area (TPSA) is 87.3 Å². The van der Waals surface area contributed by atoms with Gasteiger partial charge in [0.25, 0.3) is 0 Å². The molecule has 3 amide bonds. The van der Waals surface area contributed by atoms with Gasteiger partial charge in [0, 0.05) is 12.0 Å². The highest BCUT2D eigenvalue weighted by molar-refractivity contribution is 5.93. The van der Waals surface area contributed by atoms with E-state index >= 15 is 0 Å². The second-order valence-electron chi connectivity index (χ2n) is 9.30. The molecule has 8 heteroatoms. The summed E-state index contributed by atoms with van der Waals surface area (Å²) in [6, 6.07) is 20.1. The van der Waals surface area contributed by atoms with Gasteiger partial charge < -0.3 is 16.0 Å². The van der Waals surface area contributed by atoms with E-state index in [1.54, 1.807) is 0 Å². The smallest absolute Gasteiger partial charge is 0.243 e. The average molecular weight is 506 g/mol. The van der Waals surface area contributed by atoms with Crippen molar-refractivity contribution in [3.05, 3.63) is 107 Å². The van der Waals surface area contributed by atoms with Gasteiger partial charge in [-0.2, -0.15) is 0 Å². The van der Waals surface area contributed by atoms with E-state index in [0.717, 1.165) is 29.3 Å². The Morgan fingerprint density at radius 1 is 0.919 bits per heavy atom. The second kappa shape index (κ2) is 11.8. The van der Waals surface area contributed by atoms with Crippen LogP contribution in [0.4, 0.5) is 8.78 Å². The summed E-state index contributed by atoms with van der Waals surface area (Å²) in [6.45, 7) is 1.50. The van der Waals surface area contributed by atoms with Crippen LogP contribution in [0.3, 0.4) is 0 Å². The molecule has 1 aliphatic heterocycles. The third-order valence-corrected chi connectivity index (χ3v) is 6.55. The molecule has 0 aromatic heterocycles. The van der Waals surface area contributed by atoms with Crippen molar-refractivity contribution < 1.29 is 23.2 Å². The van der Waals surface area contributed by atoms with Gasteiger partial charge in [0.1, 0.15) is 23.7 Å². The van der Waals surface area contributed by atoms with Crippen molar-refractivity contribution in [2.24, 2.45) is 0 Å². The third-order valence-electron chi connectivity index (χ3n) is 6.55. The van der Waals surface area contributed by atoms with E-state index < -0.39 is 35.5 Å². The Hall–Kier alpha value is -4.07. The Morgan fingerprint density at radius 2 is 1.51 bits per heavy atom. The van der Waals surface area contributed by atoms with E-state index in [4.69, 9.17) is 0 Å². The lowest BCUT2D eigenvalue weighted by Gasteiger charge is -2.26. The van der Waals surface area contributed by atoms with Crippen molar-refractivity contribution >= 4 is 17.7 Å². The summed E-state index contributed by atoms with van der Waals surface area (Å²) in [7, 11) is 0. The van der Waals surface area contributed by atoms with E-state index in [1.807, 2.05) is 60.7 Å². The number of rotatable bonds is 7. The van der Waals surface area contributed by atoms with Gasteiger partial charge in [-0.25, -0.2) is 8.78 Å². The predicted octanol–water partition coefficient (Wildman–Crippen LogP) is 3.93. The van der Waals surface area contributed by atoms with Crippen LogP contribution in [0, 0.1) is 11.6 Å². The van der Waals surface area contributed by atoms with Gasteiger partial charge in [0.15, 0.2) is 0 Å². The molecule has 3 N–H and O–H groups in total. The van der Waals surface area contributed by atoms with Crippen LogP contribution in [0.15, 0.2) is 78.9 Å². The monoisotopic (exact) mass is 505 g/mol. The molecule has 4 rings (SSSR count). The van der Waals surface area contributed by atoms with Crippen LogP contribution in [-0.4, -0.2) is 29.8 Å². The summed E-state index contributed by atoms with van der Waals surface area (Å²) in [5.41, 5.74) is 2.08. The van der Waals surface area contributed by atoms with Crippen molar-refractivity contribution in [1.29, 1.82) is 0 Å². The van der Waals surface area contributed by atoms with Crippen molar-refractivity contribution in [2.75, 3.05) is 0 Å². The molecule has 0 bridgehead atoms. The van der Waals surface area contributed by atoms with Crippen LogP contribution in [-0.2, 0) is 20.8 Å². The van der Waals surface area contributed by atoms with E-state index in [-0.39, 0.29) is 29.9 Å². The zero-order chi connectivity index (χ0) is 26.4. The van der Waals surface area contributed by atoms with Crippen molar-refractivity contribution in [2.45, 2.75) is 50.2 Å². The molecule has 1 heterocycles. The first-order chi connectivity index (χ1) is 17.8. The van der Waals surface area contributed by atoms with Gasteiger partial charge in [-0.05, 0) is 48.6 Å². The normalized spacial score (nSPS) is 20.3. The van der Waals surface area contributed by atoms with E-state index in [0.29, 0.717) is 12.8 Å². The van der Waals surface area contributed by atoms with E-state index in [1.165, 1.54) is 6.92 Å². The Balaban J connectivity index is 1.47. The number of hydrogen-bond acceptors (Lipinski definition) is 3. The molecule has 1 saturated heterocycles. The maximum Gasteiger partial charge on any atom is 0.243 e. The zero-order valence-corrected chi connectivity index (χ0v) is 20.4. The maximum absolute atomic E-state index is 13.4. The van der Waals surface area contributed by atoms with Gasteiger partial charge in [0.05, 0.1) is 12.5 Å². The summed E-state index contributed by atoms with van der Waals surface area (Å²) in [6.07, 6.45) is 1.05. The Morgan fingerprint density at radius 3 is 2.14 bits per heavy atom. The quantitative estimate of drug-likeness (QED) is 0.455. The molecule has 192 valence electrons. The molecule has 0 spiro atoms. The molecule has 0 unspecified atom stereocenters. The molecule has 0 radical (unpaired) electrons. The highest BCUT2D eigenvalue weighted by Gasteiger charge is 2.36. The second-order valence-corrected chi connectivity index (χ2v) is 9.30. The summed E-state index contributed by atoms with van der Waals surface area (Å²) >= 11 is 0. The number of nitrogens with one attached hydrogen (secondary N) is 3. The fraction of sp³-hybridized carbons (Fsp3) is 0.276. The van der Waals surface area contributed by atoms with E-state index in [9.17, 15) is 23.2 Å². The van der Waals surface area contributed by atoms with Crippen LogP contribution in [0.5, 0.6) is 0 Å². The summed E-state index contributed by atoms with van der Waals surface area (Å²) in [5.74, 6) is -3.23. The van der Waals surface area contributed by atoms with Crippen LogP contribution in [0.2, 0.25) is 0 Å². The molecule has 1 fully saturated rings. The first-order valence-corrected chi connectivity index (χ1v) is 12.2. The van der Waals surface area contributed by atoms with Gasteiger partial charge in [-0.1, -0.05) is 60.7 Å². The van der Waals surface area contributed by atoms with Crippen LogP contribution in [0.25, 0.3) is 0 Å². The molecule has 3 aromatic carbocycles. The molecule has 4 atom stereocenters. The molecular weight excluding hydrogens is 476 g/mol. The molecule has 6 nitrogen and oxygen atoms in total. The van der Waals surface area contributed by atoms with Gasteiger partial charge >= 0.3 is 0 Å². The lowest BCUT2D eigenvalue weighted by molar-refractivity contribution is -0.132. The third kappa shape index (κ3) is 6.78. The number of benzene rings is 3.